The summed E-state index contributed by atoms with van der Waals surface area (Å²) in [7, 11) is 0. The summed E-state index contributed by atoms with van der Waals surface area (Å²) >= 11 is 0. The third-order valence-corrected chi connectivity index (χ3v) is 2.46. The van der Waals surface area contributed by atoms with Crippen molar-refractivity contribution in [2.24, 2.45) is 5.73 Å². The highest BCUT2D eigenvalue weighted by Crippen LogP contribution is 2.22. The van der Waals surface area contributed by atoms with E-state index in [4.69, 9.17) is 15.6 Å². The van der Waals surface area contributed by atoms with Gasteiger partial charge in [0.1, 0.15) is 11.5 Å². The van der Waals surface area contributed by atoms with Gasteiger partial charge in [-0.1, -0.05) is 12.1 Å². The molecule has 18 heavy (non-hydrogen) atoms. The number of amides is 1. The molecule has 0 saturated carbocycles. The molecule has 0 atom stereocenters. The number of hydrogen-bond donors (Lipinski definition) is 2. The predicted octanol–water partition coefficient (Wildman–Crippen LogP) is 2.07. The Morgan fingerprint density at radius 3 is 2.44 bits per heavy atom. The molecule has 0 unspecified atom stereocenters. The van der Waals surface area contributed by atoms with Gasteiger partial charge in [-0.05, 0) is 42.0 Å². The van der Waals surface area contributed by atoms with Crippen LogP contribution in [0.25, 0.3) is 0 Å². The Bertz CT molecular complexity index is 549. The lowest BCUT2D eigenvalue weighted by molar-refractivity contribution is 0.100. The largest absolute Gasteiger partial charge is 0.457 e. The molecule has 2 rings (SSSR count). The number of benzene rings is 2. The van der Waals surface area contributed by atoms with Crippen LogP contribution in [0.15, 0.2) is 48.5 Å². The van der Waals surface area contributed by atoms with Gasteiger partial charge in [0.2, 0.25) is 5.91 Å². The molecule has 0 aliphatic carbocycles. The molecular formula is C14H13NO3. The molecule has 0 saturated heterocycles. The topological polar surface area (TPSA) is 72.6 Å². The summed E-state index contributed by atoms with van der Waals surface area (Å²) in [6, 6.07) is 13.7. The van der Waals surface area contributed by atoms with Crippen molar-refractivity contribution in [3.05, 3.63) is 59.7 Å². The summed E-state index contributed by atoms with van der Waals surface area (Å²) in [6.45, 7) is -0.0299. The smallest absolute Gasteiger partial charge is 0.248 e. The zero-order valence-corrected chi connectivity index (χ0v) is 9.67. The van der Waals surface area contributed by atoms with Crippen molar-refractivity contribution in [3.63, 3.8) is 0 Å². The van der Waals surface area contributed by atoms with Crippen molar-refractivity contribution >= 4 is 5.91 Å². The van der Waals surface area contributed by atoms with E-state index in [1.807, 2.05) is 6.07 Å². The van der Waals surface area contributed by atoms with Crippen LogP contribution >= 0.6 is 0 Å². The molecule has 1 amide bonds. The number of carbonyl (C=O) groups excluding carboxylic acids is 1. The highest BCUT2D eigenvalue weighted by Gasteiger charge is 2.02. The number of hydrogen-bond acceptors (Lipinski definition) is 3. The number of nitrogens with two attached hydrogens (primary N) is 1. The summed E-state index contributed by atoms with van der Waals surface area (Å²) < 4.78 is 5.59. The fourth-order valence-corrected chi connectivity index (χ4v) is 1.53. The molecule has 92 valence electrons. The van der Waals surface area contributed by atoms with E-state index in [1.165, 1.54) is 0 Å². The minimum Gasteiger partial charge on any atom is -0.457 e. The van der Waals surface area contributed by atoms with Gasteiger partial charge in [0, 0.05) is 5.56 Å². The second-order valence-corrected chi connectivity index (χ2v) is 3.80. The lowest BCUT2D eigenvalue weighted by atomic mass is 10.2. The Hall–Kier alpha value is -2.33. The Kier molecular flexibility index (Phi) is 3.60. The first-order valence-corrected chi connectivity index (χ1v) is 5.46. The van der Waals surface area contributed by atoms with Gasteiger partial charge in [-0.2, -0.15) is 0 Å². The Morgan fingerprint density at radius 2 is 1.83 bits per heavy atom. The van der Waals surface area contributed by atoms with Crippen LogP contribution in [-0.2, 0) is 6.61 Å². The van der Waals surface area contributed by atoms with Crippen molar-refractivity contribution in [1.82, 2.24) is 0 Å². The summed E-state index contributed by atoms with van der Waals surface area (Å²) in [6.07, 6.45) is 0. The van der Waals surface area contributed by atoms with Crippen molar-refractivity contribution in [2.45, 2.75) is 6.61 Å². The first kappa shape index (κ1) is 12.1. The van der Waals surface area contributed by atoms with E-state index in [-0.39, 0.29) is 6.61 Å². The van der Waals surface area contributed by atoms with Gasteiger partial charge in [-0.15, -0.1) is 0 Å². The quantitative estimate of drug-likeness (QED) is 0.863. The number of aliphatic hydroxyl groups is 1. The van der Waals surface area contributed by atoms with E-state index in [1.54, 1.807) is 42.5 Å². The van der Waals surface area contributed by atoms with Gasteiger partial charge in [0.25, 0.3) is 0 Å². The summed E-state index contributed by atoms with van der Waals surface area (Å²) in [4.78, 5) is 10.9. The van der Waals surface area contributed by atoms with Crippen molar-refractivity contribution in [1.29, 1.82) is 0 Å². The van der Waals surface area contributed by atoms with Gasteiger partial charge >= 0.3 is 0 Å². The molecule has 0 bridgehead atoms. The van der Waals surface area contributed by atoms with Crippen LogP contribution < -0.4 is 10.5 Å². The maximum atomic E-state index is 10.9. The van der Waals surface area contributed by atoms with Crippen LogP contribution in [-0.4, -0.2) is 11.0 Å². The van der Waals surface area contributed by atoms with Crippen LogP contribution in [0.5, 0.6) is 11.5 Å². The predicted molar refractivity (Wildman–Crippen MR) is 67.4 cm³/mol. The Morgan fingerprint density at radius 1 is 1.11 bits per heavy atom. The Balaban J connectivity index is 2.15. The number of rotatable bonds is 4. The number of carbonyl (C=O) groups is 1. The van der Waals surface area contributed by atoms with Crippen LogP contribution in [0.4, 0.5) is 0 Å². The van der Waals surface area contributed by atoms with E-state index in [9.17, 15) is 4.79 Å². The summed E-state index contributed by atoms with van der Waals surface area (Å²) in [5.41, 5.74) is 6.36. The molecule has 0 fully saturated rings. The third kappa shape index (κ3) is 2.87. The standard InChI is InChI=1S/C14H13NO3/c15-14(17)11-4-6-12(7-5-11)18-13-3-1-2-10(8-13)9-16/h1-8,16H,9H2,(H2,15,17). The summed E-state index contributed by atoms with van der Waals surface area (Å²) in [5.74, 6) is 0.771. The van der Waals surface area contributed by atoms with E-state index in [0.29, 0.717) is 17.1 Å². The van der Waals surface area contributed by atoms with Gasteiger partial charge in [-0.25, -0.2) is 0 Å². The molecule has 0 spiro atoms. The molecule has 0 aromatic heterocycles. The number of aliphatic hydroxyl groups excluding tert-OH is 1. The van der Waals surface area contributed by atoms with E-state index in [0.717, 1.165) is 5.56 Å². The molecule has 0 heterocycles. The maximum Gasteiger partial charge on any atom is 0.248 e. The third-order valence-electron chi connectivity index (χ3n) is 2.46. The second kappa shape index (κ2) is 5.33. The van der Waals surface area contributed by atoms with Crippen LogP contribution in [0.3, 0.4) is 0 Å². The van der Waals surface area contributed by atoms with Crippen LogP contribution in [0.2, 0.25) is 0 Å². The highest BCUT2D eigenvalue weighted by atomic mass is 16.5. The molecule has 0 aliphatic heterocycles. The highest BCUT2D eigenvalue weighted by molar-refractivity contribution is 5.92. The Labute approximate surface area is 105 Å². The van der Waals surface area contributed by atoms with Gasteiger partial charge in [-0.3, -0.25) is 4.79 Å². The summed E-state index contributed by atoms with van der Waals surface area (Å²) in [5, 5.41) is 9.02. The first-order chi connectivity index (χ1) is 8.69. The van der Waals surface area contributed by atoms with Gasteiger partial charge in [0.05, 0.1) is 6.61 Å². The SMILES string of the molecule is NC(=O)c1ccc(Oc2cccc(CO)c2)cc1. The minimum absolute atomic E-state index is 0.0299. The van der Waals surface area contributed by atoms with Crippen LogP contribution in [0, 0.1) is 0 Å². The zero-order chi connectivity index (χ0) is 13.0. The average Bonchev–Trinajstić information content (AvgIpc) is 2.39. The zero-order valence-electron chi connectivity index (χ0n) is 9.67. The monoisotopic (exact) mass is 243 g/mol. The van der Waals surface area contributed by atoms with Crippen LogP contribution in [0.1, 0.15) is 15.9 Å². The van der Waals surface area contributed by atoms with Gasteiger partial charge < -0.3 is 15.6 Å². The van der Waals surface area contributed by atoms with E-state index in [2.05, 4.69) is 0 Å². The van der Waals surface area contributed by atoms with Crippen molar-refractivity contribution in [3.8, 4) is 11.5 Å². The molecule has 4 nitrogen and oxygen atoms in total. The molecular weight excluding hydrogens is 230 g/mol. The molecule has 2 aromatic rings. The fourth-order valence-electron chi connectivity index (χ4n) is 1.53. The number of ether oxygens (including phenoxy) is 1. The van der Waals surface area contributed by atoms with Crippen molar-refractivity contribution < 1.29 is 14.6 Å². The van der Waals surface area contributed by atoms with Crippen molar-refractivity contribution in [2.75, 3.05) is 0 Å². The molecule has 4 heteroatoms. The molecule has 3 N–H and O–H groups in total. The lowest BCUT2D eigenvalue weighted by Gasteiger charge is -2.07. The average molecular weight is 243 g/mol. The number of primary amides is 1. The second-order valence-electron chi connectivity index (χ2n) is 3.80. The van der Waals surface area contributed by atoms with E-state index < -0.39 is 5.91 Å². The van der Waals surface area contributed by atoms with E-state index >= 15 is 0 Å². The van der Waals surface area contributed by atoms with Gasteiger partial charge in [0.15, 0.2) is 0 Å². The minimum atomic E-state index is -0.469. The lowest BCUT2D eigenvalue weighted by Crippen LogP contribution is -2.10. The molecule has 0 aliphatic rings. The normalized spacial score (nSPS) is 10.1. The first-order valence-electron chi connectivity index (χ1n) is 5.46. The maximum absolute atomic E-state index is 10.9. The molecule has 2 aromatic carbocycles. The molecule has 0 radical (unpaired) electrons. The fraction of sp³-hybridized carbons (Fsp3) is 0.0714.